The molecule has 0 bridgehead atoms. The highest BCUT2D eigenvalue weighted by atomic mass is 16.5. The molecule has 2 rings (SSSR count). The molecule has 1 unspecified atom stereocenters. The Hall–Kier alpha value is -1.30. The number of ether oxygens (including phenoxy) is 1. The van der Waals surface area contributed by atoms with Gasteiger partial charge in [-0.25, -0.2) is 4.79 Å². The van der Waals surface area contributed by atoms with Crippen LogP contribution in [0.2, 0.25) is 0 Å². The van der Waals surface area contributed by atoms with E-state index in [0.717, 1.165) is 0 Å². The van der Waals surface area contributed by atoms with Crippen LogP contribution in [-0.2, 0) is 9.53 Å². The predicted molar refractivity (Wildman–Crippen MR) is 66.2 cm³/mol. The van der Waals surface area contributed by atoms with Gasteiger partial charge in [-0.1, -0.05) is 0 Å². The molecule has 0 aromatic carbocycles. The zero-order chi connectivity index (χ0) is 13.1. The summed E-state index contributed by atoms with van der Waals surface area (Å²) in [7, 11) is 0. The lowest BCUT2D eigenvalue weighted by Gasteiger charge is -2.28. The highest BCUT2D eigenvalue weighted by Gasteiger charge is 2.32. The first-order chi connectivity index (χ1) is 8.58. The number of carbonyl (C=O) groups is 2. The molecule has 2 saturated heterocycles. The van der Waals surface area contributed by atoms with Crippen LogP contribution in [0.5, 0.6) is 0 Å². The van der Waals surface area contributed by atoms with Gasteiger partial charge in [-0.3, -0.25) is 4.79 Å². The number of nitrogens with zero attached hydrogens (tertiary/aromatic N) is 2. The van der Waals surface area contributed by atoms with Crippen LogP contribution < -0.4 is 5.32 Å². The van der Waals surface area contributed by atoms with Crippen molar-refractivity contribution >= 4 is 11.9 Å². The SMILES string of the molecule is CC(C)N1CC(NC(=O)N2CCOCC2)CC1=O. The zero-order valence-electron chi connectivity index (χ0n) is 11.0. The van der Waals surface area contributed by atoms with Crippen molar-refractivity contribution in [2.24, 2.45) is 0 Å². The number of hydrogen-bond donors (Lipinski definition) is 1. The fourth-order valence-corrected chi connectivity index (χ4v) is 2.36. The van der Waals surface area contributed by atoms with E-state index < -0.39 is 0 Å². The first-order valence-corrected chi connectivity index (χ1v) is 6.50. The summed E-state index contributed by atoms with van der Waals surface area (Å²) in [5.74, 6) is 0.122. The number of likely N-dealkylation sites (tertiary alicyclic amines) is 1. The molecule has 6 nitrogen and oxygen atoms in total. The van der Waals surface area contributed by atoms with Crippen LogP contribution in [-0.4, -0.2) is 66.7 Å². The van der Waals surface area contributed by atoms with Crippen molar-refractivity contribution in [1.29, 1.82) is 0 Å². The summed E-state index contributed by atoms with van der Waals surface area (Å²) in [6.07, 6.45) is 0.411. The molecule has 102 valence electrons. The predicted octanol–water partition coefficient (Wildman–Crippen LogP) is 0.0375. The van der Waals surface area contributed by atoms with Gasteiger partial charge in [0.2, 0.25) is 5.91 Å². The minimum absolute atomic E-state index is 0.0600. The molecule has 1 N–H and O–H groups in total. The lowest BCUT2D eigenvalue weighted by molar-refractivity contribution is -0.129. The van der Waals surface area contributed by atoms with E-state index in [0.29, 0.717) is 39.3 Å². The molecule has 0 aliphatic carbocycles. The molecule has 0 saturated carbocycles. The summed E-state index contributed by atoms with van der Waals surface area (Å²) in [6, 6.07) is 0.0553. The first kappa shape index (κ1) is 13.1. The van der Waals surface area contributed by atoms with Gasteiger partial charge in [-0.15, -0.1) is 0 Å². The summed E-state index contributed by atoms with van der Waals surface area (Å²) in [5.41, 5.74) is 0. The molecule has 2 aliphatic rings. The maximum absolute atomic E-state index is 12.0. The van der Waals surface area contributed by atoms with Crippen LogP contribution >= 0.6 is 0 Å². The van der Waals surface area contributed by atoms with Crippen LogP contribution in [0, 0.1) is 0 Å². The molecule has 0 spiro atoms. The van der Waals surface area contributed by atoms with Crippen molar-refractivity contribution < 1.29 is 14.3 Å². The van der Waals surface area contributed by atoms with E-state index in [9.17, 15) is 9.59 Å². The second kappa shape index (κ2) is 5.56. The molecule has 1 atom stereocenters. The number of amides is 3. The smallest absolute Gasteiger partial charge is 0.317 e. The summed E-state index contributed by atoms with van der Waals surface area (Å²) < 4.78 is 5.20. The Morgan fingerprint density at radius 1 is 1.39 bits per heavy atom. The van der Waals surface area contributed by atoms with Crippen LogP contribution in [0.1, 0.15) is 20.3 Å². The molecular weight excluding hydrogens is 234 g/mol. The summed E-state index contributed by atoms with van der Waals surface area (Å²) in [4.78, 5) is 27.2. The van der Waals surface area contributed by atoms with Gasteiger partial charge in [0.05, 0.1) is 19.3 Å². The van der Waals surface area contributed by atoms with Crippen LogP contribution in [0.15, 0.2) is 0 Å². The summed E-state index contributed by atoms with van der Waals surface area (Å²) in [5, 5.41) is 2.93. The molecular formula is C12H21N3O3. The minimum atomic E-state index is -0.0818. The van der Waals surface area contributed by atoms with Gasteiger partial charge in [-0.05, 0) is 13.8 Å². The van der Waals surface area contributed by atoms with Gasteiger partial charge >= 0.3 is 6.03 Å². The van der Waals surface area contributed by atoms with Crippen molar-refractivity contribution in [1.82, 2.24) is 15.1 Å². The Morgan fingerprint density at radius 3 is 2.61 bits per heavy atom. The van der Waals surface area contributed by atoms with Gasteiger partial charge < -0.3 is 19.9 Å². The van der Waals surface area contributed by atoms with Crippen LogP contribution in [0.25, 0.3) is 0 Å². The number of carbonyl (C=O) groups excluding carboxylic acids is 2. The van der Waals surface area contributed by atoms with Gasteiger partial charge in [0.25, 0.3) is 0 Å². The van der Waals surface area contributed by atoms with Crippen molar-refractivity contribution in [3.05, 3.63) is 0 Å². The normalized spacial score (nSPS) is 24.8. The quantitative estimate of drug-likeness (QED) is 0.757. The van der Waals surface area contributed by atoms with Crippen LogP contribution in [0.4, 0.5) is 4.79 Å². The van der Waals surface area contributed by atoms with Crippen LogP contribution in [0.3, 0.4) is 0 Å². The standard InChI is InChI=1S/C12H21N3O3/c1-9(2)15-8-10(7-11(15)16)13-12(17)14-3-5-18-6-4-14/h9-10H,3-8H2,1-2H3,(H,13,17). The van der Waals surface area contributed by atoms with E-state index >= 15 is 0 Å². The van der Waals surface area contributed by atoms with Gasteiger partial charge in [-0.2, -0.15) is 0 Å². The average Bonchev–Trinajstić information content (AvgIpc) is 2.71. The third-order valence-electron chi connectivity index (χ3n) is 3.41. The molecule has 2 aliphatic heterocycles. The first-order valence-electron chi connectivity index (χ1n) is 6.50. The fourth-order valence-electron chi connectivity index (χ4n) is 2.36. The number of hydrogen-bond acceptors (Lipinski definition) is 3. The molecule has 6 heteroatoms. The number of rotatable bonds is 2. The van der Waals surface area contributed by atoms with Gasteiger partial charge in [0.1, 0.15) is 0 Å². The molecule has 0 aromatic heterocycles. The largest absolute Gasteiger partial charge is 0.378 e. The molecule has 2 heterocycles. The maximum Gasteiger partial charge on any atom is 0.317 e. The van der Waals surface area contributed by atoms with Crippen molar-refractivity contribution in [3.8, 4) is 0 Å². The zero-order valence-corrected chi connectivity index (χ0v) is 11.0. The number of morpholine rings is 1. The van der Waals surface area contributed by atoms with Crippen molar-refractivity contribution in [2.45, 2.75) is 32.4 Å². The second-order valence-electron chi connectivity index (χ2n) is 5.09. The van der Waals surface area contributed by atoms with Gasteiger partial charge in [0, 0.05) is 32.1 Å². The second-order valence-corrected chi connectivity index (χ2v) is 5.09. The molecule has 2 fully saturated rings. The molecule has 3 amide bonds. The van der Waals surface area contributed by atoms with E-state index in [-0.39, 0.29) is 24.0 Å². The van der Waals surface area contributed by atoms with Crippen molar-refractivity contribution in [2.75, 3.05) is 32.8 Å². The van der Waals surface area contributed by atoms with E-state index in [1.807, 2.05) is 18.7 Å². The Balaban J connectivity index is 1.83. The fraction of sp³-hybridized carbons (Fsp3) is 0.833. The lowest BCUT2D eigenvalue weighted by Crippen LogP contribution is -2.49. The van der Waals surface area contributed by atoms with E-state index in [4.69, 9.17) is 4.74 Å². The highest BCUT2D eigenvalue weighted by molar-refractivity contribution is 5.82. The number of urea groups is 1. The summed E-state index contributed by atoms with van der Waals surface area (Å²) >= 11 is 0. The Morgan fingerprint density at radius 2 is 2.06 bits per heavy atom. The van der Waals surface area contributed by atoms with Crippen molar-refractivity contribution in [3.63, 3.8) is 0 Å². The summed E-state index contributed by atoms with van der Waals surface area (Å²) in [6.45, 7) is 7.03. The molecule has 18 heavy (non-hydrogen) atoms. The lowest BCUT2D eigenvalue weighted by atomic mass is 10.2. The minimum Gasteiger partial charge on any atom is -0.378 e. The number of nitrogens with one attached hydrogen (secondary N) is 1. The maximum atomic E-state index is 12.0. The molecule has 0 radical (unpaired) electrons. The third kappa shape index (κ3) is 2.93. The van der Waals surface area contributed by atoms with Gasteiger partial charge in [0.15, 0.2) is 0 Å². The Labute approximate surface area is 107 Å². The topological polar surface area (TPSA) is 61.9 Å². The Bertz CT molecular complexity index is 327. The third-order valence-corrected chi connectivity index (χ3v) is 3.41. The van der Waals surface area contributed by atoms with E-state index in [2.05, 4.69) is 5.32 Å². The van der Waals surface area contributed by atoms with E-state index in [1.54, 1.807) is 4.90 Å². The molecule has 0 aromatic rings. The monoisotopic (exact) mass is 255 g/mol. The van der Waals surface area contributed by atoms with E-state index in [1.165, 1.54) is 0 Å². The highest BCUT2D eigenvalue weighted by Crippen LogP contribution is 2.14. The Kier molecular flexibility index (Phi) is 4.06. The average molecular weight is 255 g/mol.